The molecule has 9 heteroatoms. The maximum absolute atomic E-state index is 14.9. The number of hydrogen-bond acceptors (Lipinski definition) is 8. The first-order valence-electron chi connectivity index (χ1n) is 12.8. The Morgan fingerprint density at radius 2 is 2.19 bits per heavy atom. The number of pyridine rings is 1. The Hall–Kier alpha value is -3.14. The highest BCUT2D eigenvalue weighted by atomic mass is 19.1. The van der Waals surface area contributed by atoms with E-state index in [2.05, 4.69) is 5.32 Å². The number of fused-ring (bicyclic) bond motifs is 2. The number of carbonyl (C=O) groups is 2. The predicted molar refractivity (Wildman–Crippen MR) is 136 cm³/mol. The Bertz CT molecular complexity index is 1350. The lowest BCUT2D eigenvalue weighted by atomic mass is 9.82. The summed E-state index contributed by atoms with van der Waals surface area (Å²) in [4.78, 5) is 29.1. The summed E-state index contributed by atoms with van der Waals surface area (Å²) in [6.45, 7) is 4.88. The Morgan fingerprint density at radius 1 is 1.38 bits per heavy atom. The molecule has 2 aliphatic heterocycles. The summed E-state index contributed by atoms with van der Waals surface area (Å²) in [6, 6.07) is 1.46. The van der Waals surface area contributed by atoms with Crippen LogP contribution in [0.1, 0.15) is 66.7 Å². The molecule has 3 heterocycles. The maximum Gasteiger partial charge on any atom is 0.343 e. The smallest absolute Gasteiger partial charge is 0.343 e. The monoisotopic (exact) mass is 509 g/mol. The predicted octanol–water partition coefficient (Wildman–Crippen LogP) is 3.06. The third-order valence-electron chi connectivity index (χ3n) is 7.78. The number of cyclic esters (lactones) is 1. The molecule has 3 aliphatic rings. The van der Waals surface area contributed by atoms with Crippen molar-refractivity contribution in [2.45, 2.75) is 64.2 Å². The molecule has 4 N–H and O–H groups in total. The number of esters is 1. The molecule has 196 valence electrons. The molecule has 2 atom stereocenters. The highest BCUT2D eigenvalue weighted by molar-refractivity contribution is 5.95. The molecule has 0 saturated carbocycles. The van der Waals surface area contributed by atoms with Crippen LogP contribution >= 0.6 is 0 Å². The van der Waals surface area contributed by atoms with Gasteiger partial charge in [0.25, 0.3) is 0 Å². The van der Waals surface area contributed by atoms with Gasteiger partial charge in [-0.25, -0.2) is 14.2 Å². The van der Waals surface area contributed by atoms with Gasteiger partial charge in [0, 0.05) is 41.3 Å². The van der Waals surface area contributed by atoms with E-state index in [0.717, 1.165) is 41.3 Å². The van der Waals surface area contributed by atoms with Gasteiger partial charge in [-0.1, -0.05) is 6.92 Å². The maximum atomic E-state index is 14.9. The quantitative estimate of drug-likeness (QED) is 0.282. The largest absolute Gasteiger partial charge is 0.458 e. The standard InChI is InChI=1S/C28H32FN3O5/c1-3-28(35)19(16(13-33)14-37-27(28)34)10-22-26-18(12-31-22)25-23(36-9-5-4-8-30)7-6-17-15(2)20(29)11-21(32-26)24(17)25/h10-11,13,23,31,35H,3-9,12,14,30H2,1-2H3/b22-10-. The number of aldehydes is 1. The summed E-state index contributed by atoms with van der Waals surface area (Å²) in [5.74, 6) is -1.10. The highest BCUT2D eigenvalue weighted by Crippen LogP contribution is 2.45. The molecule has 5 rings (SSSR count). The fraction of sp³-hybridized carbons (Fsp3) is 0.464. The van der Waals surface area contributed by atoms with Crippen molar-refractivity contribution in [3.8, 4) is 0 Å². The van der Waals surface area contributed by atoms with Gasteiger partial charge in [-0.2, -0.15) is 0 Å². The fourth-order valence-corrected chi connectivity index (χ4v) is 5.66. The number of unbranched alkanes of at least 4 members (excludes halogenated alkanes) is 1. The number of aromatic nitrogens is 1. The zero-order chi connectivity index (χ0) is 26.3. The first-order valence-corrected chi connectivity index (χ1v) is 12.8. The van der Waals surface area contributed by atoms with E-state index in [1.807, 2.05) is 0 Å². The Morgan fingerprint density at radius 3 is 2.92 bits per heavy atom. The van der Waals surface area contributed by atoms with E-state index < -0.39 is 11.6 Å². The summed E-state index contributed by atoms with van der Waals surface area (Å²) in [5.41, 5.74) is 9.32. The third-order valence-corrected chi connectivity index (χ3v) is 7.78. The number of aryl methyl sites for hydroxylation is 1. The average molecular weight is 510 g/mol. The van der Waals surface area contributed by atoms with Gasteiger partial charge in [0.15, 0.2) is 5.60 Å². The molecule has 8 nitrogen and oxygen atoms in total. The number of rotatable bonds is 8. The van der Waals surface area contributed by atoms with Crippen molar-refractivity contribution < 1.29 is 28.6 Å². The molecule has 0 saturated heterocycles. The van der Waals surface area contributed by atoms with E-state index in [-0.39, 0.29) is 36.1 Å². The summed E-state index contributed by atoms with van der Waals surface area (Å²) >= 11 is 0. The second kappa shape index (κ2) is 9.96. The zero-order valence-corrected chi connectivity index (χ0v) is 21.2. The average Bonchev–Trinajstić information content (AvgIpc) is 3.30. The van der Waals surface area contributed by atoms with Gasteiger partial charge in [0.2, 0.25) is 0 Å². The van der Waals surface area contributed by atoms with Crippen LogP contribution in [-0.4, -0.2) is 47.7 Å². The van der Waals surface area contributed by atoms with Crippen LogP contribution in [0.25, 0.3) is 16.6 Å². The minimum Gasteiger partial charge on any atom is -0.458 e. The molecule has 0 spiro atoms. The molecular formula is C28H32FN3O5. The lowest BCUT2D eigenvalue weighted by Crippen LogP contribution is -2.45. The first kappa shape index (κ1) is 25.5. The second-order valence-electron chi connectivity index (χ2n) is 9.86. The minimum absolute atomic E-state index is 0.0398. The van der Waals surface area contributed by atoms with Crippen molar-refractivity contribution in [3.05, 3.63) is 57.1 Å². The van der Waals surface area contributed by atoms with E-state index in [1.54, 1.807) is 19.9 Å². The molecular weight excluding hydrogens is 477 g/mol. The van der Waals surface area contributed by atoms with E-state index in [1.165, 1.54) is 6.07 Å². The second-order valence-corrected chi connectivity index (χ2v) is 9.86. The number of aliphatic hydroxyl groups is 1. The number of nitrogens with one attached hydrogen (secondary N) is 1. The number of halogens is 1. The Kier molecular flexibility index (Phi) is 6.87. The van der Waals surface area contributed by atoms with Gasteiger partial charge in [-0.05, 0) is 68.3 Å². The summed E-state index contributed by atoms with van der Waals surface area (Å²) in [7, 11) is 0. The highest BCUT2D eigenvalue weighted by Gasteiger charge is 2.44. The number of carbonyl (C=O) groups excluding carboxylic acids is 2. The zero-order valence-electron chi connectivity index (χ0n) is 21.2. The summed E-state index contributed by atoms with van der Waals surface area (Å²) in [6.07, 6.45) is 5.24. The van der Waals surface area contributed by atoms with Gasteiger partial charge in [-0.3, -0.25) is 4.79 Å². The van der Waals surface area contributed by atoms with Crippen LogP contribution < -0.4 is 11.1 Å². The SMILES string of the molecule is CCC1(O)C(=O)OCC(C=O)=C1/C=C1\NCc2c1nc1cc(F)c(C)c3c1c2C(OCCCCN)CC3. The molecule has 37 heavy (non-hydrogen) atoms. The van der Waals surface area contributed by atoms with E-state index in [0.29, 0.717) is 54.9 Å². The molecule has 2 unspecified atom stereocenters. The van der Waals surface area contributed by atoms with Crippen LogP contribution in [0.3, 0.4) is 0 Å². The minimum atomic E-state index is -1.94. The van der Waals surface area contributed by atoms with Crippen molar-refractivity contribution in [2.75, 3.05) is 19.8 Å². The van der Waals surface area contributed by atoms with Crippen molar-refractivity contribution in [3.63, 3.8) is 0 Å². The molecule has 1 aromatic heterocycles. The van der Waals surface area contributed by atoms with Gasteiger partial charge >= 0.3 is 5.97 Å². The molecule has 1 aromatic carbocycles. The van der Waals surface area contributed by atoms with Crippen LogP contribution in [0.5, 0.6) is 0 Å². The van der Waals surface area contributed by atoms with Crippen LogP contribution in [0.15, 0.2) is 23.3 Å². The van der Waals surface area contributed by atoms with Crippen molar-refractivity contribution in [1.29, 1.82) is 0 Å². The van der Waals surface area contributed by atoms with E-state index in [9.17, 15) is 19.1 Å². The number of hydrogen-bond donors (Lipinski definition) is 3. The lowest BCUT2D eigenvalue weighted by molar-refractivity contribution is -0.162. The number of ether oxygens (including phenoxy) is 2. The molecule has 0 radical (unpaired) electrons. The fourth-order valence-electron chi connectivity index (χ4n) is 5.66. The van der Waals surface area contributed by atoms with Crippen LogP contribution in [0.2, 0.25) is 0 Å². The van der Waals surface area contributed by atoms with Crippen LogP contribution in [-0.2, 0) is 32.0 Å². The number of benzene rings is 1. The van der Waals surface area contributed by atoms with Crippen molar-refractivity contribution in [2.24, 2.45) is 5.73 Å². The number of nitrogens with zero attached hydrogens (tertiary/aromatic N) is 1. The Labute approximate surface area is 214 Å². The van der Waals surface area contributed by atoms with E-state index in [4.69, 9.17) is 20.2 Å². The van der Waals surface area contributed by atoms with Crippen molar-refractivity contribution in [1.82, 2.24) is 10.3 Å². The molecule has 2 aromatic rings. The van der Waals surface area contributed by atoms with Gasteiger partial charge in [0.1, 0.15) is 18.7 Å². The van der Waals surface area contributed by atoms with Crippen molar-refractivity contribution >= 4 is 28.9 Å². The van der Waals surface area contributed by atoms with Crippen LogP contribution in [0, 0.1) is 12.7 Å². The van der Waals surface area contributed by atoms with Gasteiger partial charge < -0.3 is 25.6 Å². The van der Waals surface area contributed by atoms with E-state index >= 15 is 0 Å². The molecule has 0 fully saturated rings. The molecule has 1 aliphatic carbocycles. The number of nitrogens with two attached hydrogens (primary N) is 1. The molecule has 0 bridgehead atoms. The van der Waals surface area contributed by atoms with Gasteiger partial charge in [-0.15, -0.1) is 0 Å². The Balaban J connectivity index is 1.68. The first-order chi connectivity index (χ1) is 17.8. The third kappa shape index (κ3) is 4.15. The topological polar surface area (TPSA) is 124 Å². The molecule has 0 amide bonds. The lowest BCUT2D eigenvalue weighted by Gasteiger charge is -2.31. The van der Waals surface area contributed by atoms with Crippen LogP contribution in [0.4, 0.5) is 4.39 Å². The summed E-state index contributed by atoms with van der Waals surface area (Å²) in [5, 5.41) is 15.4. The van der Waals surface area contributed by atoms with Gasteiger partial charge in [0.05, 0.1) is 23.0 Å². The normalized spacial score (nSPS) is 23.9. The summed E-state index contributed by atoms with van der Waals surface area (Å²) < 4.78 is 26.3.